The predicted octanol–water partition coefficient (Wildman–Crippen LogP) is 1.10. The number of nitrogens with one attached hydrogen (secondary N) is 1. The number of hydrogen-bond acceptors (Lipinski definition) is 5. The van der Waals surface area contributed by atoms with Crippen molar-refractivity contribution in [2.75, 3.05) is 25.0 Å². The molecule has 4 rings (SSSR count). The largest absolute Gasteiger partial charge is 0.489 e. The quantitative estimate of drug-likeness (QED) is 0.886. The molecule has 0 bridgehead atoms. The van der Waals surface area contributed by atoms with Crippen LogP contribution in [0.3, 0.4) is 0 Å². The van der Waals surface area contributed by atoms with Gasteiger partial charge in [0.2, 0.25) is 0 Å². The predicted molar refractivity (Wildman–Crippen MR) is 74.6 cm³/mol. The van der Waals surface area contributed by atoms with Crippen molar-refractivity contribution in [2.24, 2.45) is 0 Å². The van der Waals surface area contributed by atoms with Crippen molar-refractivity contribution >= 4 is 5.69 Å². The second-order valence-electron chi connectivity index (χ2n) is 5.22. The number of ether oxygens (including phenoxy) is 1. The van der Waals surface area contributed by atoms with Crippen LogP contribution in [0.15, 0.2) is 24.5 Å². The molecule has 6 nitrogen and oxygen atoms in total. The van der Waals surface area contributed by atoms with E-state index in [2.05, 4.69) is 43.2 Å². The minimum atomic E-state index is 0.734. The van der Waals surface area contributed by atoms with Gasteiger partial charge in [-0.05, 0) is 6.07 Å². The molecule has 0 unspecified atom stereocenters. The molecule has 1 aromatic carbocycles. The SMILES string of the molecule is c1cc(CN2CCn3cnnc3C2)c2c(c1)NCCO2. The van der Waals surface area contributed by atoms with E-state index in [4.69, 9.17) is 4.74 Å². The van der Waals surface area contributed by atoms with Gasteiger partial charge in [0.15, 0.2) is 0 Å². The van der Waals surface area contributed by atoms with E-state index < -0.39 is 0 Å². The fraction of sp³-hybridized carbons (Fsp3) is 0.429. The number of rotatable bonds is 2. The summed E-state index contributed by atoms with van der Waals surface area (Å²) in [5, 5.41) is 11.5. The lowest BCUT2D eigenvalue weighted by atomic mass is 10.1. The van der Waals surface area contributed by atoms with Crippen molar-refractivity contribution in [3.05, 3.63) is 35.9 Å². The van der Waals surface area contributed by atoms with Crippen LogP contribution in [0.5, 0.6) is 5.75 Å². The third-order valence-corrected chi connectivity index (χ3v) is 3.87. The van der Waals surface area contributed by atoms with E-state index in [9.17, 15) is 0 Å². The van der Waals surface area contributed by atoms with Gasteiger partial charge in [-0.2, -0.15) is 0 Å². The molecule has 20 heavy (non-hydrogen) atoms. The van der Waals surface area contributed by atoms with Crippen LogP contribution in [0, 0.1) is 0 Å². The standard InChI is InChI=1S/C14H17N5O/c1-2-11(14-12(3-1)15-4-7-20-14)8-18-5-6-19-10-16-17-13(19)9-18/h1-3,10,15H,4-9H2. The van der Waals surface area contributed by atoms with Crippen molar-refractivity contribution in [2.45, 2.75) is 19.6 Å². The molecule has 0 fully saturated rings. The zero-order valence-electron chi connectivity index (χ0n) is 11.2. The Morgan fingerprint density at radius 2 is 2.30 bits per heavy atom. The summed E-state index contributed by atoms with van der Waals surface area (Å²) >= 11 is 0. The number of benzene rings is 1. The number of para-hydroxylation sites is 1. The average Bonchev–Trinajstić information content (AvgIpc) is 2.95. The molecule has 3 heterocycles. The summed E-state index contributed by atoms with van der Waals surface area (Å²) < 4.78 is 7.95. The minimum Gasteiger partial charge on any atom is -0.489 e. The highest BCUT2D eigenvalue weighted by Gasteiger charge is 2.20. The number of aromatic nitrogens is 3. The zero-order valence-corrected chi connectivity index (χ0v) is 11.2. The molecule has 104 valence electrons. The molecule has 0 atom stereocenters. The first-order chi connectivity index (χ1) is 9.90. The summed E-state index contributed by atoms with van der Waals surface area (Å²) in [6.45, 7) is 5.31. The first-order valence-electron chi connectivity index (χ1n) is 6.98. The lowest BCUT2D eigenvalue weighted by Crippen LogP contribution is -2.33. The van der Waals surface area contributed by atoms with E-state index in [1.54, 1.807) is 0 Å². The van der Waals surface area contributed by atoms with E-state index in [1.165, 1.54) is 5.56 Å². The Morgan fingerprint density at radius 1 is 1.30 bits per heavy atom. The molecular formula is C14H17N5O. The van der Waals surface area contributed by atoms with Gasteiger partial charge in [-0.1, -0.05) is 12.1 Å². The van der Waals surface area contributed by atoms with Gasteiger partial charge < -0.3 is 14.6 Å². The van der Waals surface area contributed by atoms with Crippen LogP contribution in [0.4, 0.5) is 5.69 Å². The van der Waals surface area contributed by atoms with Gasteiger partial charge in [-0.3, -0.25) is 4.90 Å². The van der Waals surface area contributed by atoms with E-state index in [1.807, 2.05) is 6.33 Å². The van der Waals surface area contributed by atoms with Crippen LogP contribution in [-0.4, -0.2) is 39.4 Å². The molecule has 0 saturated carbocycles. The second-order valence-corrected chi connectivity index (χ2v) is 5.22. The molecule has 0 spiro atoms. The Balaban J connectivity index is 1.55. The van der Waals surface area contributed by atoms with Crippen LogP contribution in [0.2, 0.25) is 0 Å². The van der Waals surface area contributed by atoms with Crippen LogP contribution in [0.1, 0.15) is 11.4 Å². The first kappa shape index (κ1) is 11.7. The van der Waals surface area contributed by atoms with Crippen LogP contribution >= 0.6 is 0 Å². The molecule has 1 N–H and O–H groups in total. The van der Waals surface area contributed by atoms with Crippen molar-refractivity contribution in [1.82, 2.24) is 19.7 Å². The van der Waals surface area contributed by atoms with Gasteiger partial charge in [0.25, 0.3) is 0 Å². The van der Waals surface area contributed by atoms with Crippen molar-refractivity contribution in [1.29, 1.82) is 0 Å². The fourth-order valence-electron chi connectivity index (χ4n) is 2.85. The summed E-state index contributed by atoms with van der Waals surface area (Å²) in [4.78, 5) is 2.39. The van der Waals surface area contributed by atoms with E-state index in [0.717, 1.165) is 56.6 Å². The van der Waals surface area contributed by atoms with Gasteiger partial charge in [-0.15, -0.1) is 10.2 Å². The Kier molecular flexibility index (Phi) is 2.81. The maximum absolute atomic E-state index is 5.83. The summed E-state index contributed by atoms with van der Waals surface area (Å²) in [6.07, 6.45) is 1.81. The summed E-state index contributed by atoms with van der Waals surface area (Å²) in [5.74, 6) is 2.05. The highest BCUT2D eigenvalue weighted by atomic mass is 16.5. The number of hydrogen-bond donors (Lipinski definition) is 1. The molecule has 2 aliphatic rings. The minimum absolute atomic E-state index is 0.734. The zero-order chi connectivity index (χ0) is 13.4. The molecule has 2 aliphatic heterocycles. The number of anilines is 1. The van der Waals surface area contributed by atoms with E-state index in [0.29, 0.717) is 0 Å². The highest BCUT2D eigenvalue weighted by molar-refractivity contribution is 5.61. The molecule has 0 saturated heterocycles. The monoisotopic (exact) mass is 271 g/mol. The van der Waals surface area contributed by atoms with Gasteiger partial charge in [0, 0.05) is 31.7 Å². The topological polar surface area (TPSA) is 55.2 Å². The maximum atomic E-state index is 5.83. The van der Waals surface area contributed by atoms with Gasteiger partial charge in [0.1, 0.15) is 24.5 Å². The Hall–Kier alpha value is -2.08. The lowest BCUT2D eigenvalue weighted by Gasteiger charge is -2.29. The first-order valence-corrected chi connectivity index (χ1v) is 6.98. The molecular weight excluding hydrogens is 254 g/mol. The molecule has 0 radical (unpaired) electrons. The molecule has 2 aromatic rings. The van der Waals surface area contributed by atoms with Crippen molar-refractivity contribution in [3.63, 3.8) is 0 Å². The van der Waals surface area contributed by atoms with Gasteiger partial charge >= 0.3 is 0 Å². The Labute approximate surface area is 117 Å². The molecule has 0 amide bonds. The molecule has 1 aromatic heterocycles. The third kappa shape index (κ3) is 2.02. The summed E-state index contributed by atoms with van der Waals surface area (Å²) in [5.41, 5.74) is 2.34. The lowest BCUT2D eigenvalue weighted by molar-refractivity contribution is 0.204. The molecule has 6 heteroatoms. The van der Waals surface area contributed by atoms with Crippen LogP contribution in [-0.2, 0) is 19.6 Å². The third-order valence-electron chi connectivity index (χ3n) is 3.87. The van der Waals surface area contributed by atoms with Crippen LogP contribution < -0.4 is 10.1 Å². The van der Waals surface area contributed by atoms with E-state index in [-0.39, 0.29) is 0 Å². The Morgan fingerprint density at radius 3 is 3.30 bits per heavy atom. The summed E-state index contributed by atoms with van der Waals surface area (Å²) in [7, 11) is 0. The second kappa shape index (κ2) is 4.79. The smallest absolute Gasteiger partial charge is 0.147 e. The number of nitrogens with zero attached hydrogens (tertiary/aromatic N) is 4. The average molecular weight is 271 g/mol. The highest BCUT2D eigenvalue weighted by Crippen LogP contribution is 2.32. The van der Waals surface area contributed by atoms with Crippen LogP contribution in [0.25, 0.3) is 0 Å². The van der Waals surface area contributed by atoms with Crippen molar-refractivity contribution < 1.29 is 4.74 Å². The summed E-state index contributed by atoms with van der Waals surface area (Å²) in [6, 6.07) is 6.30. The normalized spacial score (nSPS) is 17.8. The Bertz CT molecular complexity index is 624. The molecule has 0 aliphatic carbocycles. The number of fused-ring (bicyclic) bond motifs is 2. The van der Waals surface area contributed by atoms with Crippen molar-refractivity contribution in [3.8, 4) is 5.75 Å². The van der Waals surface area contributed by atoms with E-state index >= 15 is 0 Å². The maximum Gasteiger partial charge on any atom is 0.147 e. The van der Waals surface area contributed by atoms with Gasteiger partial charge in [-0.25, -0.2) is 0 Å². The fourth-order valence-corrected chi connectivity index (χ4v) is 2.85. The van der Waals surface area contributed by atoms with Gasteiger partial charge in [0.05, 0.1) is 12.2 Å².